The highest BCUT2D eigenvalue weighted by atomic mass is 16.5. The minimum absolute atomic E-state index is 0.0935. The average molecular weight is 248 g/mol. The van der Waals surface area contributed by atoms with Gasteiger partial charge in [-0.05, 0) is 12.1 Å². The molecule has 18 heavy (non-hydrogen) atoms. The number of carbonyl (C=O) groups is 1. The van der Waals surface area contributed by atoms with Crippen LogP contribution in [0, 0.1) is 0 Å². The molecule has 0 unspecified atom stereocenters. The van der Waals surface area contributed by atoms with E-state index in [0.29, 0.717) is 19.4 Å². The van der Waals surface area contributed by atoms with Gasteiger partial charge in [-0.25, -0.2) is 5.43 Å². The van der Waals surface area contributed by atoms with Crippen LogP contribution in [0.1, 0.15) is 25.3 Å². The minimum Gasteiger partial charge on any atom is -0.497 e. The summed E-state index contributed by atoms with van der Waals surface area (Å²) in [6, 6.07) is 5.57. The molecule has 0 spiro atoms. The molecule has 1 heterocycles. The van der Waals surface area contributed by atoms with Gasteiger partial charge in [0.1, 0.15) is 11.5 Å². The Morgan fingerprint density at radius 2 is 2.39 bits per heavy atom. The first-order valence-electron chi connectivity index (χ1n) is 5.91. The molecule has 1 aliphatic heterocycles. The zero-order valence-electron chi connectivity index (χ0n) is 10.5. The van der Waals surface area contributed by atoms with Crippen molar-refractivity contribution in [2.75, 3.05) is 13.7 Å². The fourth-order valence-corrected chi connectivity index (χ4v) is 1.70. The number of ether oxygens (including phenoxy) is 2. The van der Waals surface area contributed by atoms with E-state index in [0.717, 1.165) is 22.8 Å². The molecule has 0 aliphatic carbocycles. The van der Waals surface area contributed by atoms with Crippen molar-refractivity contribution in [2.24, 2.45) is 5.10 Å². The molecule has 96 valence electrons. The molecule has 0 fully saturated rings. The Kier molecular flexibility index (Phi) is 3.82. The van der Waals surface area contributed by atoms with Crippen molar-refractivity contribution in [1.29, 1.82) is 0 Å². The fourth-order valence-electron chi connectivity index (χ4n) is 1.70. The molecule has 0 atom stereocenters. The second-order valence-electron chi connectivity index (χ2n) is 3.91. The van der Waals surface area contributed by atoms with Gasteiger partial charge >= 0.3 is 0 Å². The van der Waals surface area contributed by atoms with Crippen molar-refractivity contribution >= 4 is 11.6 Å². The number of rotatable bonds is 3. The summed E-state index contributed by atoms with van der Waals surface area (Å²) < 4.78 is 10.7. The van der Waals surface area contributed by atoms with E-state index in [1.165, 1.54) is 0 Å². The van der Waals surface area contributed by atoms with Gasteiger partial charge in [0, 0.05) is 24.5 Å². The van der Waals surface area contributed by atoms with Crippen LogP contribution in [0.3, 0.4) is 0 Å². The molecule has 0 aromatic heterocycles. The van der Waals surface area contributed by atoms with E-state index < -0.39 is 0 Å². The van der Waals surface area contributed by atoms with Gasteiger partial charge < -0.3 is 9.47 Å². The third-order valence-corrected chi connectivity index (χ3v) is 2.73. The average Bonchev–Trinajstić information content (AvgIpc) is 2.43. The molecule has 1 aromatic rings. The molecular formula is C13H16N2O3. The molecule has 2 rings (SSSR count). The lowest BCUT2D eigenvalue weighted by Gasteiger charge is -2.19. The van der Waals surface area contributed by atoms with E-state index >= 15 is 0 Å². The van der Waals surface area contributed by atoms with Crippen LogP contribution in [0.25, 0.3) is 0 Å². The number of hydrogen-bond acceptors (Lipinski definition) is 4. The largest absolute Gasteiger partial charge is 0.497 e. The van der Waals surface area contributed by atoms with Crippen LogP contribution < -0.4 is 14.9 Å². The maximum atomic E-state index is 11.2. The van der Waals surface area contributed by atoms with E-state index in [9.17, 15) is 4.79 Å². The first-order valence-corrected chi connectivity index (χ1v) is 5.91. The Hall–Kier alpha value is -2.04. The highest BCUT2D eigenvalue weighted by Gasteiger charge is 2.17. The second kappa shape index (κ2) is 5.53. The quantitative estimate of drug-likeness (QED) is 0.828. The fraction of sp³-hybridized carbons (Fsp3) is 0.385. The molecule has 5 nitrogen and oxygen atoms in total. The molecule has 1 aliphatic rings. The molecule has 1 aromatic carbocycles. The Morgan fingerprint density at radius 1 is 1.56 bits per heavy atom. The maximum Gasteiger partial charge on any atom is 0.239 e. The highest BCUT2D eigenvalue weighted by Crippen LogP contribution is 2.29. The van der Waals surface area contributed by atoms with E-state index in [1.54, 1.807) is 14.0 Å². The molecule has 1 N–H and O–H groups in total. The van der Waals surface area contributed by atoms with Gasteiger partial charge in [-0.2, -0.15) is 5.10 Å². The molecule has 5 heteroatoms. The molecule has 0 saturated heterocycles. The van der Waals surface area contributed by atoms with E-state index in [1.807, 2.05) is 18.2 Å². The van der Waals surface area contributed by atoms with E-state index in [2.05, 4.69) is 10.5 Å². The summed E-state index contributed by atoms with van der Waals surface area (Å²) in [4.78, 5) is 11.2. The summed E-state index contributed by atoms with van der Waals surface area (Å²) in [6.45, 7) is 2.35. The summed E-state index contributed by atoms with van der Waals surface area (Å²) in [5.41, 5.74) is 4.27. The normalized spacial score (nSPS) is 15.8. The number of carbonyl (C=O) groups excluding carboxylic acids is 1. The number of methoxy groups -OCH3 is 1. The number of amides is 1. The van der Waals surface area contributed by atoms with Crippen molar-refractivity contribution in [2.45, 2.75) is 19.8 Å². The van der Waals surface area contributed by atoms with Gasteiger partial charge in [-0.3, -0.25) is 4.79 Å². The zero-order valence-corrected chi connectivity index (χ0v) is 10.5. The van der Waals surface area contributed by atoms with Gasteiger partial charge in [0.15, 0.2) is 0 Å². The summed E-state index contributed by atoms with van der Waals surface area (Å²) in [5.74, 6) is 1.39. The second-order valence-corrected chi connectivity index (χ2v) is 3.91. The first kappa shape index (κ1) is 12.4. The van der Waals surface area contributed by atoms with Crippen LogP contribution in [0.2, 0.25) is 0 Å². The third-order valence-electron chi connectivity index (χ3n) is 2.73. The number of benzene rings is 1. The molecule has 0 radical (unpaired) electrons. The SMILES string of the molecule is CCC(=O)NN=C1CCOc2cc(OC)ccc21. The lowest BCUT2D eigenvalue weighted by atomic mass is 10.0. The van der Waals surface area contributed by atoms with Crippen molar-refractivity contribution < 1.29 is 14.3 Å². The third kappa shape index (κ3) is 2.61. The smallest absolute Gasteiger partial charge is 0.239 e. The minimum atomic E-state index is -0.0935. The Balaban J connectivity index is 2.25. The summed E-state index contributed by atoms with van der Waals surface area (Å²) >= 11 is 0. The van der Waals surface area contributed by atoms with Gasteiger partial charge in [-0.1, -0.05) is 6.92 Å². The van der Waals surface area contributed by atoms with Crippen LogP contribution in [0.5, 0.6) is 11.5 Å². The number of hydrogen-bond donors (Lipinski definition) is 1. The van der Waals surface area contributed by atoms with E-state index in [4.69, 9.17) is 9.47 Å². The maximum absolute atomic E-state index is 11.2. The number of fused-ring (bicyclic) bond motifs is 1. The zero-order chi connectivity index (χ0) is 13.0. The lowest BCUT2D eigenvalue weighted by molar-refractivity contribution is -0.120. The Labute approximate surface area is 106 Å². The van der Waals surface area contributed by atoms with Crippen LogP contribution in [0.15, 0.2) is 23.3 Å². The molecule has 0 saturated carbocycles. The standard InChI is InChI=1S/C13H16N2O3/c1-3-13(16)15-14-11-6-7-18-12-8-9(17-2)4-5-10(11)12/h4-5,8H,3,6-7H2,1-2H3,(H,15,16). The van der Waals surface area contributed by atoms with Crippen molar-refractivity contribution in [1.82, 2.24) is 5.43 Å². The van der Waals surface area contributed by atoms with Crippen LogP contribution >= 0.6 is 0 Å². The van der Waals surface area contributed by atoms with Crippen molar-refractivity contribution in [3.05, 3.63) is 23.8 Å². The van der Waals surface area contributed by atoms with Crippen LogP contribution in [-0.4, -0.2) is 25.3 Å². The highest BCUT2D eigenvalue weighted by molar-refractivity contribution is 6.04. The molecular weight excluding hydrogens is 232 g/mol. The van der Waals surface area contributed by atoms with E-state index in [-0.39, 0.29) is 5.91 Å². The van der Waals surface area contributed by atoms with Crippen molar-refractivity contribution in [3.63, 3.8) is 0 Å². The van der Waals surface area contributed by atoms with Gasteiger partial charge in [-0.15, -0.1) is 0 Å². The van der Waals surface area contributed by atoms with Crippen LogP contribution in [0.4, 0.5) is 0 Å². The summed E-state index contributed by atoms with van der Waals surface area (Å²) in [7, 11) is 1.61. The van der Waals surface area contributed by atoms with Crippen molar-refractivity contribution in [3.8, 4) is 11.5 Å². The van der Waals surface area contributed by atoms with Crippen LogP contribution in [-0.2, 0) is 4.79 Å². The summed E-state index contributed by atoms with van der Waals surface area (Å²) in [6.07, 6.45) is 1.10. The number of hydrazone groups is 1. The summed E-state index contributed by atoms with van der Waals surface area (Å²) in [5, 5.41) is 4.15. The Bertz CT molecular complexity index is 483. The lowest BCUT2D eigenvalue weighted by Crippen LogP contribution is -2.22. The predicted octanol–water partition coefficient (Wildman–Crippen LogP) is 1.71. The monoisotopic (exact) mass is 248 g/mol. The van der Waals surface area contributed by atoms with Gasteiger partial charge in [0.2, 0.25) is 5.91 Å². The molecule has 1 amide bonds. The topological polar surface area (TPSA) is 59.9 Å². The predicted molar refractivity (Wildman–Crippen MR) is 68.1 cm³/mol. The van der Waals surface area contributed by atoms with Gasteiger partial charge in [0.05, 0.1) is 19.4 Å². The number of nitrogens with one attached hydrogen (secondary N) is 1. The van der Waals surface area contributed by atoms with Gasteiger partial charge in [0.25, 0.3) is 0 Å². The number of nitrogens with zero attached hydrogens (tertiary/aromatic N) is 1. The Morgan fingerprint density at radius 3 is 3.11 bits per heavy atom. The first-order chi connectivity index (χ1) is 8.74. The molecule has 0 bridgehead atoms.